The van der Waals surface area contributed by atoms with Crippen molar-refractivity contribution < 1.29 is 9.53 Å². The van der Waals surface area contributed by atoms with E-state index in [1.807, 2.05) is 24.0 Å². The first kappa shape index (κ1) is 14.2. The molecule has 1 saturated heterocycles. The molecule has 1 amide bonds. The Balaban J connectivity index is 1.88. The number of ether oxygens (including phenoxy) is 1. The quantitative estimate of drug-likeness (QED) is 0.851. The summed E-state index contributed by atoms with van der Waals surface area (Å²) in [6.45, 7) is 5.94. The van der Waals surface area contributed by atoms with Gasteiger partial charge in [0.2, 0.25) is 0 Å². The van der Waals surface area contributed by atoms with Gasteiger partial charge in [-0.05, 0) is 43.4 Å². The van der Waals surface area contributed by atoms with E-state index in [-0.39, 0.29) is 12.5 Å². The van der Waals surface area contributed by atoms with E-state index in [0.717, 1.165) is 37.4 Å². The van der Waals surface area contributed by atoms with Crippen molar-refractivity contribution in [2.75, 3.05) is 19.7 Å². The Morgan fingerprint density at radius 3 is 2.79 bits per heavy atom. The Bertz CT molecular complexity index is 453. The predicted octanol–water partition coefficient (Wildman–Crippen LogP) is 3.29. The third-order valence-electron chi connectivity index (χ3n) is 3.57. The number of benzene rings is 1. The van der Waals surface area contributed by atoms with Crippen molar-refractivity contribution in [3.05, 3.63) is 28.8 Å². The minimum absolute atomic E-state index is 0.0458. The lowest BCUT2D eigenvalue weighted by molar-refractivity contribution is -0.134. The van der Waals surface area contributed by atoms with Crippen LogP contribution in [0.15, 0.2) is 18.2 Å². The number of hydrogen-bond donors (Lipinski definition) is 0. The van der Waals surface area contributed by atoms with Gasteiger partial charge in [-0.3, -0.25) is 4.79 Å². The molecule has 0 unspecified atom stereocenters. The zero-order valence-corrected chi connectivity index (χ0v) is 12.2. The number of hydrogen-bond acceptors (Lipinski definition) is 2. The normalized spacial score (nSPS) is 16.5. The molecular formula is C15H20ClNO2. The predicted molar refractivity (Wildman–Crippen MR) is 76.7 cm³/mol. The van der Waals surface area contributed by atoms with E-state index in [1.165, 1.54) is 0 Å². The first-order valence-corrected chi connectivity index (χ1v) is 7.11. The average Bonchev–Trinajstić information content (AvgIpc) is 2.40. The van der Waals surface area contributed by atoms with Crippen molar-refractivity contribution in [3.8, 4) is 5.75 Å². The van der Waals surface area contributed by atoms with E-state index in [4.69, 9.17) is 16.3 Å². The Kier molecular flexibility index (Phi) is 4.70. The minimum Gasteiger partial charge on any atom is -0.482 e. The minimum atomic E-state index is 0.0458. The zero-order valence-electron chi connectivity index (χ0n) is 11.5. The Morgan fingerprint density at radius 1 is 1.42 bits per heavy atom. The molecule has 1 aliphatic heterocycles. The summed E-state index contributed by atoms with van der Waals surface area (Å²) in [4.78, 5) is 13.9. The molecule has 19 heavy (non-hydrogen) atoms. The van der Waals surface area contributed by atoms with Crippen LogP contribution in [0.4, 0.5) is 0 Å². The fraction of sp³-hybridized carbons (Fsp3) is 0.533. The zero-order chi connectivity index (χ0) is 13.8. The summed E-state index contributed by atoms with van der Waals surface area (Å²) in [7, 11) is 0. The molecule has 3 nitrogen and oxygen atoms in total. The molecule has 1 aromatic carbocycles. The number of halogens is 1. The van der Waals surface area contributed by atoms with E-state index in [1.54, 1.807) is 6.07 Å². The molecule has 0 N–H and O–H groups in total. The molecule has 1 heterocycles. The van der Waals surface area contributed by atoms with Gasteiger partial charge in [-0.2, -0.15) is 0 Å². The largest absolute Gasteiger partial charge is 0.482 e. The van der Waals surface area contributed by atoms with E-state index in [0.29, 0.717) is 10.8 Å². The molecule has 1 aromatic rings. The van der Waals surface area contributed by atoms with Crippen LogP contribution in [0.25, 0.3) is 0 Å². The van der Waals surface area contributed by atoms with Gasteiger partial charge < -0.3 is 9.64 Å². The molecular weight excluding hydrogens is 262 g/mol. The molecule has 0 spiro atoms. The van der Waals surface area contributed by atoms with Crippen LogP contribution in [-0.2, 0) is 4.79 Å². The number of aryl methyl sites for hydroxylation is 1. The van der Waals surface area contributed by atoms with Crippen LogP contribution in [0.5, 0.6) is 5.75 Å². The highest BCUT2D eigenvalue weighted by Gasteiger charge is 2.20. The van der Waals surface area contributed by atoms with Crippen LogP contribution in [0, 0.1) is 12.8 Å². The highest BCUT2D eigenvalue weighted by atomic mass is 35.5. The Morgan fingerprint density at radius 2 is 2.11 bits per heavy atom. The van der Waals surface area contributed by atoms with Gasteiger partial charge >= 0.3 is 0 Å². The molecule has 4 heteroatoms. The lowest BCUT2D eigenvalue weighted by Gasteiger charge is -2.30. The monoisotopic (exact) mass is 281 g/mol. The SMILES string of the molecule is Cc1ccc(Cl)c(OCC(=O)N2CCC(C)CC2)c1. The third-order valence-corrected chi connectivity index (χ3v) is 3.89. The Labute approximate surface area is 119 Å². The molecule has 104 valence electrons. The number of rotatable bonds is 3. The highest BCUT2D eigenvalue weighted by Crippen LogP contribution is 2.25. The number of amides is 1. The van der Waals surface area contributed by atoms with Crippen LogP contribution >= 0.6 is 11.6 Å². The maximum Gasteiger partial charge on any atom is 0.260 e. The van der Waals surface area contributed by atoms with Gasteiger partial charge in [0.25, 0.3) is 5.91 Å². The summed E-state index contributed by atoms with van der Waals surface area (Å²) in [5.74, 6) is 1.35. The van der Waals surface area contributed by atoms with Crippen LogP contribution < -0.4 is 4.74 Å². The van der Waals surface area contributed by atoms with Gasteiger partial charge in [-0.1, -0.05) is 24.6 Å². The fourth-order valence-electron chi connectivity index (χ4n) is 2.21. The van der Waals surface area contributed by atoms with Gasteiger partial charge in [0.15, 0.2) is 6.61 Å². The average molecular weight is 282 g/mol. The van der Waals surface area contributed by atoms with Crippen molar-refractivity contribution in [1.82, 2.24) is 4.90 Å². The van der Waals surface area contributed by atoms with Crippen LogP contribution in [0.3, 0.4) is 0 Å². The molecule has 2 rings (SSSR count). The maximum absolute atomic E-state index is 12.0. The van der Waals surface area contributed by atoms with Crippen LogP contribution in [0.1, 0.15) is 25.3 Å². The van der Waals surface area contributed by atoms with Crippen molar-refractivity contribution in [2.45, 2.75) is 26.7 Å². The summed E-state index contributed by atoms with van der Waals surface area (Å²) in [6, 6.07) is 5.57. The highest BCUT2D eigenvalue weighted by molar-refractivity contribution is 6.32. The molecule has 0 bridgehead atoms. The standard InChI is InChI=1S/C15H20ClNO2/c1-11-5-7-17(8-6-11)15(18)10-19-14-9-12(2)3-4-13(14)16/h3-4,9,11H,5-8,10H2,1-2H3. The fourth-order valence-corrected chi connectivity index (χ4v) is 2.38. The number of piperidine rings is 1. The van der Waals surface area contributed by atoms with E-state index in [9.17, 15) is 4.79 Å². The summed E-state index contributed by atoms with van der Waals surface area (Å²) in [6.07, 6.45) is 2.16. The smallest absolute Gasteiger partial charge is 0.260 e. The van der Waals surface area contributed by atoms with E-state index >= 15 is 0 Å². The second-order valence-corrected chi connectivity index (χ2v) is 5.69. The third kappa shape index (κ3) is 3.87. The van der Waals surface area contributed by atoms with Crippen molar-refractivity contribution in [1.29, 1.82) is 0 Å². The first-order chi connectivity index (χ1) is 9.06. The molecule has 0 aromatic heterocycles. The van der Waals surface area contributed by atoms with Gasteiger partial charge in [0, 0.05) is 13.1 Å². The summed E-state index contributed by atoms with van der Waals surface area (Å²) >= 11 is 6.03. The first-order valence-electron chi connectivity index (χ1n) is 6.73. The molecule has 0 atom stereocenters. The van der Waals surface area contributed by atoms with Crippen molar-refractivity contribution >= 4 is 17.5 Å². The summed E-state index contributed by atoms with van der Waals surface area (Å²) in [5.41, 5.74) is 1.07. The van der Waals surface area contributed by atoms with Gasteiger partial charge in [0.05, 0.1) is 5.02 Å². The summed E-state index contributed by atoms with van der Waals surface area (Å²) in [5, 5.41) is 0.547. The van der Waals surface area contributed by atoms with E-state index < -0.39 is 0 Å². The summed E-state index contributed by atoms with van der Waals surface area (Å²) < 4.78 is 5.54. The second kappa shape index (κ2) is 6.29. The lowest BCUT2D eigenvalue weighted by Crippen LogP contribution is -2.40. The Hall–Kier alpha value is -1.22. The number of nitrogens with zero attached hydrogens (tertiary/aromatic N) is 1. The number of carbonyl (C=O) groups is 1. The lowest BCUT2D eigenvalue weighted by atomic mass is 9.99. The maximum atomic E-state index is 12.0. The van der Waals surface area contributed by atoms with Gasteiger partial charge in [-0.25, -0.2) is 0 Å². The topological polar surface area (TPSA) is 29.5 Å². The second-order valence-electron chi connectivity index (χ2n) is 5.29. The van der Waals surface area contributed by atoms with Crippen LogP contribution in [0.2, 0.25) is 5.02 Å². The number of carbonyl (C=O) groups excluding carboxylic acids is 1. The molecule has 1 aliphatic rings. The molecule has 1 fully saturated rings. The van der Waals surface area contributed by atoms with Gasteiger partial charge in [0.1, 0.15) is 5.75 Å². The van der Waals surface area contributed by atoms with Crippen LogP contribution in [-0.4, -0.2) is 30.5 Å². The molecule has 0 saturated carbocycles. The van der Waals surface area contributed by atoms with E-state index in [2.05, 4.69) is 6.92 Å². The molecule has 0 aliphatic carbocycles. The molecule has 0 radical (unpaired) electrons. The number of likely N-dealkylation sites (tertiary alicyclic amines) is 1. The van der Waals surface area contributed by atoms with Crippen molar-refractivity contribution in [2.24, 2.45) is 5.92 Å². The van der Waals surface area contributed by atoms with Crippen molar-refractivity contribution in [3.63, 3.8) is 0 Å². The van der Waals surface area contributed by atoms with Gasteiger partial charge in [-0.15, -0.1) is 0 Å².